The lowest BCUT2D eigenvalue weighted by molar-refractivity contribution is 0.340. The van der Waals surface area contributed by atoms with E-state index in [9.17, 15) is 0 Å². The van der Waals surface area contributed by atoms with Crippen molar-refractivity contribution in [1.29, 1.82) is 0 Å². The molecule has 1 aromatic rings. The molecular weight excluding hydrogens is 236 g/mol. The molecular formula is C16H26N2O. The van der Waals surface area contributed by atoms with Crippen molar-refractivity contribution in [1.82, 2.24) is 5.32 Å². The van der Waals surface area contributed by atoms with E-state index in [1.165, 1.54) is 31.2 Å². The van der Waals surface area contributed by atoms with Crippen LogP contribution in [-0.2, 0) is 6.42 Å². The van der Waals surface area contributed by atoms with E-state index in [1.54, 1.807) is 0 Å². The molecule has 0 heterocycles. The van der Waals surface area contributed by atoms with Crippen LogP contribution in [0.25, 0.3) is 0 Å². The summed E-state index contributed by atoms with van der Waals surface area (Å²) in [6, 6.07) is 9.52. The summed E-state index contributed by atoms with van der Waals surface area (Å²) >= 11 is 0. The maximum atomic E-state index is 5.92. The minimum absolute atomic E-state index is 0.434. The Morgan fingerprint density at radius 3 is 2.47 bits per heavy atom. The number of ether oxygens (including phenoxy) is 1. The van der Waals surface area contributed by atoms with Gasteiger partial charge in [-0.05, 0) is 63.3 Å². The quantitative estimate of drug-likeness (QED) is 0.828. The minimum Gasteiger partial charge on any atom is -0.494 e. The van der Waals surface area contributed by atoms with Crippen LogP contribution < -0.4 is 15.8 Å². The van der Waals surface area contributed by atoms with Gasteiger partial charge in [0, 0.05) is 12.1 Å². The SMILES string of the molecule is CCOc1ccc(CCNC2CCC(N)CC2)cc1. The van der Waals surface area contributed by atoms with Gasteiger partial charge in [0.2, 0.25) is 0 Å². The first-order valence-corrected chi connectivity index (χ1v) is 7.48. The van der Waals surface area contributed by atoms with Crippen LogP contribution in [0, 0.1) is 0 Å². The molecule has 1 fully saturated rings. The third kappa shape index (κ3) is 4.84. The third-order valence-electron chi connectivity index (χ3n) is 3.85. The first-order chi connectivity index (χ1) is 9.28. The van der Waals surface area contributed by atoms with Gasteiger partial charge in [-0.3, -0.25) is 0 Å². The molecule has 0 bridgehead atoms. The van der Waals surface area contributed by atoms with Gasteiger partial charge in [-0.2, -0.15) is 0 Å². The maximum Gasteiger partial charge on any atom is 0.119 e. The second-order valence-corrected chi connectivity index (χ2v) is 5.39. The van der Waals surface area contributed by atoms with Crippen molar-refractivity contribution in [2.45, 2.75) is 51.1 Å². The molecule has 106 valence electrons. The van der Waals surface area contributed by atoms with Crippen molar-refractivity contribution in [3.8, 4) is 5.75 Å². The van der Waals surface area contributed by atoms with Gasteiger partial charge in [-0.1, -0.05) is 12.1 Å². The second kappa shape index (κ2) is 7.51. The molecule has 3 heteroatoms. The van der Waals surface area contributed by atoms with Gasteiger partial charge >= 0.3 is 0 Å². The summed E-state index contributed by atoms with van der Waals surface area (Å²) in [4.78, 5) is 0. The smallest absolute Gasteiger partial charge is 0.119 e. The van der Waals surface area contributed by atoms with Gasteiger partial charge < -0.3 is 15.8 Å². The fourth-order valence-electron chi connectivity index (χ4n) is 2.66. The highest BCUT2D eigenvalue weighted by molar-refractivity contribution is 5.27. The Morgan fingerprint density at radius 1 is 1.16 bits per heavy atom. The van der Waals surface area contributed by atoms with Crippen molar-refractivity contribution in [2.75, 3.05) is 13.2 Å². The van der Waals surface area contributed by atoms with Gasteiger partial charge in [0.25, 0.3) is 0 Å². The van der Waals surface area contributed by atoms with Crippen LogP contribution in [0.2, 0.25) is 0 Å². The molecule has 0 saturated heterocycles. The molecule has 2 rings (SSSR count). The largest absolute Gasteiger partial charge is 0.494 e. The zero-order chi connectivity index (χ0) is 13.5. The topological polar surface area (TPSA) is 47.3 Å². The number of hydrogen-bond donors (Lipinski definition) is 2. The van der Waals surface area contributed by atoms with Gasteiger partial charge in [0.15, 0.2) is 0 Å². The Hall–Kier alpha value is -1.06. The molecule has 19 heavy (non-hydrogen) atoms. The Balaban J connectivity index is 1.67. The van der Waals surface area contributed by atoms with Crippen molar-refractivity contribution in [3.63, 3.8) is 0 Å². The normalized spacial score (nSPS) is 23.3. The zero-order valence-corrected chi connectivity index (χ0v) is 11.9. The van der Waals surface area contributed by atoms with E-state index >= 15 is 0 Å². The number of rotatable bonds is 6. The van der Waals surface area contributed by atoms with Crippen LogP contribution in [0.4, 0.5) is 0 Å². The van der Waals surface area contributed by atoms with Crippen molar-refractivity contribution in [3.05, 3.63) is 29.8 Å². The van der Waals surface area contributed by atoms with Crippen molar-refractivity contribution in [2.24, 2.45) is 5.73 Å². The lowest BCUT2D eigenvalue weighted by Crippen LogP contribution is -2.38. The summed E-state index contributed by atoms with van der Waals surface area (Å²) < 4.78 is 5.44. The van der Waals surface area contributed by atoms with Gasteiger partial charge in [-0.25, -0.2) is 0 Å². The van der Waals surface area contributed by atoms with E-state index in [-0.39, 0.29) is 0 Å². The van der Waals surface area contributed by atoms with Gasteiger partial charge in [0.1, 0.15) is 5.75 Å². The Labute approximate surface area is 116 Å². The van der Waals surface area contributed by atoms with Crippen LogP contribution in [-0.4, -0.2) is 25.2 Å². The first kappa shape index (κ1) is 14.4. The Morgan fingerprint density at radius 2 is 1.84 bits per heavy atom. The highest BCUT2D eigenvalue weighted by Crippen LogP contribution is 2.17. The standard InChI is InChI=1S/C16H26N2O/c1-2-19-16-9-3-13(4-10-16)11-12-18-15-7-5-14(17)6-8-15/h3-4,9-10,14-15,18H,2,5-8,11-12,17H2,1H3. The maximum absolute atomic E-state index is 5.92. The predicted octanol–water partition coefficient (Wildman–Crippen LogP) is 2.49. The molecule has 3 nitrogen and oxygen atoms in total. The average molecular weight is 262 g/mol. The Bertz CT molecular complexity index is 356. The fraction of sp³-hybridized carbons (Fsp3) is 0.625. The number of nitrogens with one attached hydrogen (secondary N) is 1. The van der Waals surface area contributed by atoms with Gasteiger partial charge in [0.05, 0.1) is 6.61 Å². The Kier molecular flexibility index (Phi) is 5.67. The summed E-state index contributed by atoms with van der Waals surface area (Å²) in [5, 5.41) is 3.64. The minimum atomic E-state index is 0.434. The predicted molar refractivity (Wildman–Crippen MR) is 79.5 cm³/mol. The number of benzene rings is 1. The lowest BCUT2D eigenvalue weighted by Gasteiger charge is -2.26. The van der Waals surface area contributed by atoms with Crippen LogP contribution in [0.3, 0.4) is 0 Å². The number of nitrogens with two attached hydrogens (primary N) is 1. The molecule has 1 aromatic carbocycles. The molecule has 0 amide bonds. The van der Waals surface area contributed by atoms with E-state index in [0.29, 0.717) is 12.1 Å². The van der Waals surface area contributed by atoms with E-state index in [2.05, 4.69) is 29.6 Å². The molecule has 3 N–H and O–H groups in total. The average Bonchev–Trinajstić information content (AvgIpc) is 2.43. The molecule has 0 unspecified atom stereocenters. The van der Waals surface area contributed by atoms with Crippen LogP contribution in [0.5, 0.6) is 5.75 Å². The summed E-state index contributed by atoms with van der Waals surface area (Å²) in [6.45, 7) is 3.78. The molecule has 0 spiro atoms. The highest BCUT2D eigenvalue weighted by Gasteiger charge is 2.17. The number of hydrogen-bond acceptors (Lipinski definition) is 3. The molecule has 0 aliphatic heterocycles. The first-order valence-electron chi connectivity index (χ1n) is 7.48. The highest BCUT2D eigenvalue weighted by atomic mass is 16.5. The molecule has 0 atom stereocenters. The summed E-state index contributed by atoms with van der Waals surface area (Å²) in [5.41, 5.74) is 7.28. The molecule has 0 radical (unpaired) electrons. The van der Waals surface area contributed by atoms with Crippen molar-refractivity contribution < 1.29 is 4.74 Å². The van der Waals surface area contributed by atoms with Gasteiger partial charge in [-0.15, -0.1) is 0 Å². The monoisotopic (exact) mass is 262 g/mol. The van der Waals surface area contributed by atoms with Crippen LogP contribution >= 0.6 is 0 Å². The lowest BCUT2D eigenvalue weighted by atomic mass is 9.92. The van der Waals surface area contributed by atoms with Crippen LogP contribution in [0.1, 0.15) is 38.2 Å². The zero-order valence-electron chi connectivity index (χ0n) is 11.9. The van der Waals surface area contributed by atoms with E-state index in [1.807, 2.05) is 6.92 Å². The summed E-state index contributed by atoms with van der Waals surface area (Å²) in [7, 11) is 0. The van der Waals surface area contributed by atoms with Crippen molar-refractivity contribution >= 4 is 0 Å². The molecule has 1 aliphatic carbocycles. The molecule has 0 aromatic heterocycles. The molecule has 1 saturated carbocycles. The third-order valence-corrected chi connectivity index (χ3v) is 3.85. The van der Waals surface area contributed by atoms with E-state index in [0.717, 1.165) is 25.3 Å². The fourth-order valence-corrected chi connectivity index (χ4v) is 2.66. The van der Waals surface area contributed by atoms with E-state index < -0.39 is 0 Å². The van der Waals surface area contributed by atoms with Crippen LogP contribution in [0.15, 0.2) is 24.3 Å². The molecule has 1 aliphatic rings. The summed E-state index contributed by atoms with van der Waals surface area (Å²) in [6.07, 6.45) is 5.87. The second-order valence-electron chi connectivity index (χ2n) is 5.39. The summed E-state index contributed by atoms with van der Waals surface area (Å²) in [5.74, 6) is 0.959. The van der Waals surface area contributed by atoms with E-state index in [4.69, 9.17) is 10.5 Å².